The minimum Gasteiger partial charge on any atom is -0.447 e. The van der Waals surface area contributed by atoms with Crippen LogP contribution in [0.4, 0.5) is 0 Å². The second-order valence-electron chi connectivity index (χ2n) is 3.52. The monoisotopic (exact) mass is 262 g/mol. The van der Waals surface area contributed by atoms with Crippen molar-refractivity contribution in [2.24, 2.45) is 5.73 Å². The Morgan fingerprint density at radius 3 is 2.76 bits per heavy atom. The quantitative estimate of drug-likeness (QED) is 0.663. The van der Waals surface area contributed by atoms with Gasteiger partial charge in [-0.3, -0.25) is 0 Å². The van der Waals surface area contributed by atoms with Crippen LogP contribution in [0.2, 0.25) is 0 Å². The van der Waals surface area contributed by atoms with Gasteiger partial charge in [0.2, 0.25) is 5.09 Å². The molecule has 0 bridgehead atoms. The summed E-state index contributed by atoms with van der Waals surface area (Å²) in [5, 5.41) is -0.0929. The Morgan fingerprint density at radius 1 is 1.41 bits per heavy atom. The first-order chi connectivity index (χ1) is 8.10. The molecular weight excluding hydrogens is 244 g/mol. The summed E-state index contributed by atoms with van der Waals surface area (Å²) in [6.45, 7) is 1.17. The zero-order valence-corrected chi connectivity index (χ0v) is 10.6. The number of sulfonamides is 1. The summed E-state index contributed by atoms with van der Waals surface area (Å²) >= 11 is 0. The lowest BCUT2D eigenvalue weighted by atomic mass is 10.3. The molecule has 0 radical (unpaired) electrons. The molecule has 3 N–H and O–H groups in total. The van der Waals surface area contributed by atoms with Gasteiger partial charge in [0.05, 0.1) is 6.54 Å². The van der Waals surface area contributed by atoms with Crippen LogP contribution in [0.1, 0.15) is 18.6 Å². The molecule has 1 aromatic rings. The van der Waals surface area contributed by atoms with Crippen molar-refractivity contribution in [3.05, 3.63) is 17.9 Å². The van der Waals surface area contributed by atoms with Crippen LogP contribution in [0, 0.1) is 0 Å². The molecule has 7 heteroatoms. The molecule has 0 spiro atoms. The largest absolute Gasteiger partial charge is 0.447 e. The number of unbranched alkanes of at least 4 members (excludes halogenated alkanes) is 1. The van der Waals surface area contributed by atoms with Gasteiger partial charge in [-0.2, -0.15) is 0 Å². The summed E-state index contributed by atoms with van der Waals surface area (Å²) in [5.41, 5.74) is 5.34. The van der Waals surface area contributed by atoms with Crippen molar-refractivity contribution >= 4 is 10.0 Å². The number of methoxy groups -OCH3 is 1. The summed E-state index contributed by atoms with van der Waals surface area (Å²) in [4.78, 5) is 0. The number of hydrogen-bond donors (Lipinski definition) is 2. The van der Waals surface area contributed by atoms with E-state index >= 15 is 0 Å². The number of nitrogens with one attached hydrogen (secondary N) is 1. The van der Waals surface area contributed by atoms with Gasteiger partial charge < -0.3 is 14.9 Å². The molecule has 17 heavy (non-hydrogen) atoms. The smallest absolute Gasteiger partial charge is 0.273 e. The molecule has 0 aliphatic carbocycles. The first-order valence-corrected chi connectivity index (χ1v) is 6.86. The van der Waals surface area contributed by atoms with Crippen molar-refractivity contribution < 1.29 is 17.6 Å². The Labute approximate surface area is 101 Å². The van der Waals surface area contributed by atoms with Crippen molar-refractivity contribution in [3.63, 3.8) is 0 Å². The van der Waals surface area contributed by atoms with E-state index in [-0.39, 0.29) is 11.6 Å². The fourth-order valence-corrected chi connectivity index (χ4v) is 2.28. The Morgan fingerprint density at radius 2 is 2.18 bits per heavy atom. The number of ether oxygens (including phenoxy) is 1. The van der Waals surface area contributed by atoms with E-state index in [9.17, 15) is 8.42 Å². The third-order valence-corrected chi connectivity index (χ3v) is 3.50. The van der Waals surface area contributed by atoms with E-state index in [1.807, 2.05) is 0 Å². The van der Waals surface area contributed by atoms with E-state index in [2.05, 4.69) is 4.72 Å². The molecule has 0 unspecified atom stereocenters. The summed E-state index contributed by atoms with van der Waals surface area (Å²) in [6.07, 6.45) is 1.53. The molecule has 0 aromatic carbocycles. The predicted molar refractivity (Wildman–Crippen MR) is 62.9 cm³/mol. The number of hydrogen-bond acceptors (Lipinski definition) is 5. The highest BCUT2D eigenvalue weighted by molar-refractivity contribution is 7.89. The van der Waals surface area contributed by atoms with Gasteiger partial charge in [-0.05, 0) is 25.0 Å². The minimum absolute atomic E-state index is 0.0929. The van der Waals surface area contributed by atoms with Crippen LogP contribution >= 0.6 is 0 Å². The van der Waals surface area contributed by atoms with E-state index in [1.54, 1.807) is 13.2 Å². The van der Waals surface area contributed by atoms with E-state index in [4.69, 9.17) is 14.9 Å². The lowest BCUT2D eigenvalue weighted by Crippen LogP contribution is -2.24. The highest BCUT2D eigenvalue weighted by Crippen LogP contribution is 2.13. The SMILES string of the molecule is COCCCCNS(=O)(=O)c1ccc(CN)o1. The molecule has 0 aliphatic rings. The lowest BCUT2D eigenvalue weighted by Gasteiger charge is -2.03. The Bertz CT molecular complexity index is 427. The van der Waals surface area contributed by atoms with E-state index in [0.29, 0.717) is 18.9 Å². The Kier molecular flexibility index (Phi) is 5.63. The van der Waals surface area contributed by atoms with E-state index in [0.717, 1.165) is 12.8 Å². The van der Waals surface area contributed by atoms with Crippen LogP contribution in [-0.4, -0.2) is 28.7 Å². The molecule has 0 amide bonds. The second kappa shape index (κ2) is 6.75. The average molecular weight is 262 g/mol. The molecule has 98 valence electrons. The highest BCUT2D eigenvalue weighted by atomic mass is 32.2. The van der Waals surface area contributed by atoms with Crippen molar-refractivity contribution in [2.75, 3.05) is 20.3 Å². The molecule has 0 aliphatic heterocycles. The molecule has 0 saturated carbocycles. The highest BCUT2D eigenvalue weighted by Gasteiger charge is 2.17. The van der Waals surface area contributed by atoms with E-state index in [1.165, 1.54) is 6.07 Å². The standard InChI is InChI=1S/C10H18N2O4S/c1-15-7-3-2-6-12-17(13,14)10-5-4-9(8-11)16-10/h4-5,12H,2-3,6-8,11H2,1H3. The minimum atomic E-state index is -3.55. The molecular formula is C10H18N2O4S. The van der Waals surface area contributed by atoms with Crippen LogP contribution in [0.5, 0.6) is 0 Å². The molecule has 0 atom stereocenters. The molecule has 1 aromatic heterocycles. The maximum Gasteiger partial charge on any atom is 0.273 e. The Hall–Kier alpha value is -0.890. The first-order valence-electron chi connectivity index (χ1n) is 5.37. The van der Waals surface area contributed by atoms with E-state index < -0.39 is 10.0 Å². The zero-order chi connectivity index (χ0) is 12.7. The number of nitrogens with two attached hydrogens (primary N) is 1. The third-order valence-electron chi connectivity index (χ3n) is 2.17. The van der Waals surface area contributed by atoms with Gasteiger partial charge in [0.25, 0.3) is 10.0 Å². The summed E-state index contributed by atoms with van der Waals surface area (Å²) in [5.74, 6) is 0.449. The lowest BCUT2D eigenvalue weighted by molar-refractivity contribution is 0.193. The van der Waals surface area contributed by atoms with Gasteiger partial charge >= 0.3 is 0 Å². The van der Waals surface area contributed by atoms with Crippen LogP contribution in [0.3, 0.4) is 0 Å². The van der Waals surface area contributed by atoms with Gasteiger partial charge in [0.1, 0.15) is 5.76 Å². The van der Waals surface area contributed by atoms with Gasteiger partial charge in [-0.1, -0.05) is 0 Å². The fourth-order valence-electron chi connectivity index (χ4n) is 1.26. The molecule has 6 nitrogen and oxygen atoms in total. The van der Waals surface area contributed by atoms with Crippen molar-refractivity contribution in [2.45, 2.75) is 24.5 Å². The summed E-state index contributed by atoms with van der Waals surface area (Å²) in [6, 6.07) is 2.96. The third kappa shape index (κ3) is 4.47. The Balaban J connectivity index is 2.45. The van der Waals surface area contributed by atoms with Crippen molar-refractivity contribution in [1.29, 1.82) is 0 Å². The fraction of sp³-hybridized carbons (Fsp3) is 0.600. The van der Waals surface area contributed by atoms with Crippen LogP contribution < -0.4 is 10.5 Å². The zero-order valence-electron chi connectivity index (χ0n) is 9.81. The normalized spacial score (nSPS) is 11.9. The average Bonchev–Trinajstić information content (AvgIpc) is 2.78. The molecule has 0 fully saturated rings. The maximum atomic E-state index is 11.7. The predicted octanol–water partition coefficient (Wildman–Crippen LogP) is 0.443. The molecule has 1 rings (SSSR count). The molecule has 0 saturated heterocycles. The van der Waals surface area contributed by atoms with Gasteiger partial charge in [0, 0.05) is 20.3 Å². The maximum absolute atomic E-state index is 11.7. The first kappa shape index (κ1) is 14.2. The second-order valence-corrected chi connectivity index (χ2v) is 5.22. The summed E-state index contributed by atoms with van der Waals surface area (Å²) < 4.78 is 35.8. The number of furan rings is 1. The van der Waals surface area contributed by atoms with Crippen molar-refractivity contribution in [1.82, 2.24) is 4.72 Å². The summed E-state index contributed by atoms with van der Waals surface area (Å²) in [7, 11) is -1.94. The van der Waals surface area contributed by atoms with Crippen LogP contribution in [0.25, 0.3) is 0 Å². The number of rotatable bonds is 8. The van der Waals surface area contributed by atoms with Crippen LogP contribution in [0.15, 0.2) is 21.6 Å². The van der Waals surface area contributed by atoms with Crippen LogP contribution in [-0.2, 0) is 21.3 Å². The topological polar surface area (TPSA) is 94.6 Å². The molecule has 1 heterocycles. The van der Waals surface area contributed by atoms with Gasteiger partial charge in [-0.25, -0.2) is 13.1 Å². The van der Waals surface area contributed by atoms with Gasteiger partial charge in [0.15, 0.2) is 0 Å². The van der Waals surface area contributed by atoms with Gasteiger partial charge in [-0.15, -0.1) is 0 Å². The van der Waals surface area contributed by atoms with Crippen molar-refractivity contribution in [3.8, 4) is 0 Å².